The lowest BCUT2D eigenvalue weighted by molar-refractivity contribution is -0.870. The minimum absolute atomic E-state index is 0.160. The fraction of sp³-hybridized carbons (Fsp3) is 0.500. The second-order valence-electron chi connectivity index (χ2n) is 20.9. The molecule has 9 heteroatoms. The summed E-state index contributed by atoms with van der Waals surface area (Å²) in [5.41, 5.74) is 0. The van der Waals surface area contributed by atoms with E-state index in [-0.39, 0.29) is 32.7 Å². The Bertz CT molecular complexity index is 2110. The predicted octanol–water partition coefficient (Wildman–Crippen LogP) is 19.2. The minimum atomic E-state index is -1.55. The summed E-state index contributed by atoms with van der Waals surface area (Å²) in [4.78, 5) is 37.5. The number of hydrogen-bond acceptors (Lipinski definition) is 7. The van der Waals surface area contributed by atoms with Crippen LogP contribution in [0.15, 0.2) is 207 Å². The van der Waals surface area contributed by atoms with Crippen molar-refractivity contribution in [1.29, 1.82) is 0 Å². The lowest BCUT2D eigenvalue weighted by Gasteiger charge is -2.25. The third-order valence-electron chi connectivity index (χ3n) is 12.0. The molecule has 0 saturated carbocycles. The van der Waals surface area contributed by atoms with Crippen molar-refractivity contribution in [2.45, 2.75) is 193 Å². The fourth-order valence-electron chi connectivity index (χ4n) is 7.31. The number of hydrogen-bond donors (Lipinski definition) is 1. The Kier molecular flexibility index (Phi) is 57.4. The number of quaternary nitrogens is 1. The number of likely N-dealkylation sites (N-methyl/N-ethyl adjacent to an activating group) is 1. The Morgan fingerprint density at radius 1 is 0.361 bits per heavy atom. The standard InChI is InChI=1S/C74H111NO8/c1-6-8-10-12-14-16-18-20-22-24-26-28-29-30-31-32-33-34-35-36-37-38-39-40-41-42-43-45-47-49-51-53-55-57-59-61-63-65-72(77)83-70(69-82-74(73(78)79)80-67-66-75(3,4)5)68-81-71(76)64-62-60-58-56-54-52-50-48-46-44-27-25-23-21-19-17-15-13-11-9-7-2/h8-11,14-17,20-23,26-28,30-31,33-34,36-37,39-40,42-44,47-50,53-56,70,74H,6-7,12-13,18-19,24-25,29,32,35,38,41,45-46,51-52,57-69H2,1-5H3/p+1/b10-8-,11-9-,16-14-,17-15-,22-20-,23-21-,28-26-,31-30-,34-33-,37-36-,40-39-,43-42-,44-27-,49-47-,50-48-,55-53-,56-54-. The van der Waals surface area contributed by atoms with Crippen LogP contribution < -0.4 is 0 Å². The van der Waals surface area contributed by atoms with Gasteiger partial charge in [-0.15, -0.1) is 0 Å². The number of ether oxygens (including phenoxy) is 4. The molecular weight excluding hydrogens is 1030 g/mol. The van der Waals surface area contributed by atoms with Crippen molar-refractivity contribution >= 4 is 17.9 Å². The minimum Gasteiger partial charge on any atom is -0.477 e. The summed E-state index contributed by atoms with van der Waals surface area (Å²) in [5.74, 6) is -2.14. The Labute approximate surface area is 505 Å². The van der Waals surface area contributed by atoms with Crippen molar-refractivity contribution in [3.8, 4) is 0 Å². The highest BCUT2D eigenvalue weighted by atomic mass is 16.7. The topological polar surface area (TPSA) is 108 Å². The molecule has 0 saturated heterocycles. The van der Waals surface area contributed by atoms with E-state index in [1.54, 1.807) is 0 Å². The van der Waals surface area contributed by atoms with Gasteiger partial charge in [-0.1, -0.05) is 227 Å². The van der Waals surface area contributed by atoms with Crippen LogP contribution in [-0.2, 0) is 33.3 Å². The Hall–Kier alpha value is -6.13. The number of aliphatic carboxylic acids is 1. The summed E-state index contributed by atoms with van der Waals surface area (Å²) in [6.45, 7) is 4.51. The number of unbranched alkanes of at least 4 members (excludes halogenated alkanes) is 5. The first kappa shape index (κ1) is 76.9. The van der Waals surface area contributed by atoms with Gasteiger partial charge in [0.2, 0.25) is 0 Å². The first-order chi connectivity index (χ1) is 40.6. The van der Waals surface area contributed by atoms with E-state index < -0.39 is 30.3 Å². The van der Waals surface area contributed by atoms with E-state index in [1.807, 2.05) is 21.1 Å². The third kappa shape index (κ3) is 63.3. The highest BCUT2D eigenvalue weighted by Crippen LogP contribution is 2.11. The summed E-state index contributed by atoms with van der Waals surface area (Å²) >= 11 is 0. The van der Waals surface area contributed by atoms with Gasteiger partial charge in [0.1, 0.15) is 13.2 Å². The maximum Gasteiger partial charge on any atom is 0.361 e. The normalized spacial score (nSPS) is 14.2. The van der Waals surface area contributed by atoms with Crippen molar-refractivity contribution < 1.29 is 42.9 Å². The summed E-state index contributed by atoms with van der Waals surface area (Å²) in [7, 11) is 5.92. The second-order valence-corrected chi connectivity index (χ2v) is 20.9. The van der Waals surface area contributed by atoms with Crippen LogP contribution in [0.3, 0.4) is 0 Å². The molecule has 0 aliphatic heterocycles. The molecule has 0 rings (SSSR count). The van der Waals surface area contributed by atoms with Gasteiger partial charge in [-0.2, -0.15) is 0 Å². The number of carbonyl (C=O) groups excluding carboxylic acids is 2. The van der Waals surface area contributed by atoms with Gasteiger partial charge < -0.3 is 28.5 Å². The zero-order valence-corrected chi connectivity index (χ0v) is 52.2. The number of rotatable bonds is 54. The van der Waals surface area contributed by atoms with Gasteiger partial charge in [0.25, 0.3) is 6.29 Å². The summed E-state index contributed by atoms with van der Waals surface area (Å²) in [6.07, 6.45) is 94.9. The second kappa shape index (κ2) is 61.9. The van der Waals surface area contributed by atoms with Crippen LogP contribution >= 0.6 is 0 Å². The van der Waals surface area contributed by atoms with E-state index in [0.717, 1.165) is 141 Å². The molecule has 83 heavy (non-hydrogen) atoms. The van der Waals surface area contributed by atoms with Gasteiger partial charge in [0, 0.05) is 12.8 Å². The van der Waals surface area contributed by atoms with Gasteiger partial charge >= 0.3 is 17.9 Å². The molecule has 0 amide bonds. The molecule has 1 N–H and O–H groups in total. The Morgan fingerprint density at radius 2 is 0.651 bits per heavy atom. The molecule has 0 aromatic carbocycles. The van der Waals surface area contributed by atoms with Crippen LogP contribution in [0.2, 0.25) is 0 Å². The monoisotopic (exact) mass is 1140 g/mol. The molecule has 0 fully saturated rings. The maximum atomic E-state index is 12.9. The first-order valence-corrected chi connectivity index (χ1v) is 31.2. The number of carboxylic acids is 1. The fourth-order valence-corrected chi connectivity index (χ4v) is 7.31. The van der Waals surface area contributed by atoms with Crippen LogP contribution in [0.4, 0.5) is 0 Å². The number of carbonyl (C=O) groups is 3. The summed E-state index contributed by atoms with van der Waals surface area (Å²) in [5, 5.41) is 9.71. The molecule has 0 aromatic heterocycles. The van der Waals surface area contributed by atoms with Crippen molar-refractivity contribution in [2.75, 3.05) is 47.5 Å². The zero-order valence-electron chi connectivity index (χ0n) is 52.2. The molecule has 2 unspecified atom stereocenters. The van der Waals surface area contributed by atoms with Gasteiger partial charge in [-0.3, -0.25) is 9.59 Å². The first-order valence-electron chi connectivity index (χ1n) is 31.2. The molecule has 9 nitrogen and oxygen atoms in total. The molecule has 0 aliphatic carbocycles. The number of nitrogens with zero attached hydrogens (tertiary/aromatic N) is 1. The van der Waals surface area contributed by atoms with Gasteiger partial charge in [-0.05, 0) is 148 Å². The smallest absolute Gasteiger partial charge is 0.361 e. The lowest BCUT2D eigenvalue weighted by atomic mass is 10.1. The van der Waals surface area contributed by atoms with E-state index in [4.69, 9.17) is 18.9 Å². The number of carboxylic acid groups (broad SMARTS) is 1. The predicted molar refractivity (Wildman–Crippen MR) is 354 cm³/mol. The Morgan fingerprint density at radius 3 is 0.964 bits per heavy atom. The number of esters is 2. The lowest BCUT2D eigenvalue weighted by Crippen LogP contribution is -2.40. The molecule has 0 spiro atoms. The number of allylic oxidation sites excluding steroid dienone is 34. The SMILES string of the molecule is CC/C=C\C/C=C\C/C=C\C/C=C\C/C=C\C/C=C\C/C=C\C/C=C\C/C=C\C/C=C\C/C=C\CCCCCC(=O)OC(COC(=O)CCCC/C=C\C/C=C\C/C=C\C/C=C\C/C=C\C/C=C\CC)COC(OCC[N+](C)(C)C)C(=O)O. The van der Waals surface area contributed by atoms with Gasteiger partial charge in [0.15, 0.2) is 6.10 Å². The summed E-state index contributed by atoms with van der Waals surface area (Å²) < 4.78 is 22.8. The average Bonchev–Trinajstić information content (AvgIpc) is 3.46. The summed E-state index contributed by atoms with van der Waals surface area (Å²) in [6, 6.07) is 0. The molecule has 0 bridgehead atoms. The van der Waals surface area contributed by atoms with Gasteiger partial charge in [0.05, 0.1) is 34.4 Å². The van der Waals surface area contributed by atoms with E-state index in [1.165, 1.54) is 0 Å². The van der Waals surface area contributed by atoms with Crippen LogP contribution in [0, 0.1) is 0 Å². The van der Waals surface area contributed by atoms with E-state index in [2.05, 4.69) is 220 Å². The van der Waals surface area contributed by atoms with Crippen molar-refractivity contribution in [2.24, 2.45) is 0 Å². The average molecular weight is 1140 g/mol. The highest BCUT2D eigenvalue weighted by Gasteiger charge is 2.25. The Balaban J connectivity index is 4.40. The molecule has 0 aromatic rings. The zero-order chi connectivity index (χ0) is 60.5. The van der Waals surface area contributed by atoms with E-state index in [9.17, 15) is 19.5 Å². The molecular formula is C74H112NO8+. The molecule has 0 aliphatic rings. The maximum absolute atomic E-state index is 12.9. The van der Waals surface area contributed by atoms with Crippen molar-refractivity contribution in [3.05, 3.63) is 207 Å². The van der Waals surface area contributed by atoms with Crippen LogP contribution in [0.25, 0.3) is 0 Å². The van der Waals surface area contributed by atoms with Crippen molar-refractivity contribution in [1.82, 2.24) is 0 Å². The van der Waals surface area contributed by atoms with Crippen LogP contribution in [-0.4, -0.2) is 87.4 Å². The largest absolute Gasteiger partial charge is 0.477 e. The van der Waals surface area contributed by atoms with Crippen LogP contribution in [0.1, 0.15) is 181 Å². The molecule has 2 atom stereocenters. The quantitative estimate of drug-likeness (QED) is 0.0211. The molecule has 0 radical (unpaired) electrons. The van der Waals surface area contributed by atoms with Crippen LogP contribution in [0.5, 0.6) is 0 Å². The van der Waals surface area contributed by atoms with E-state index in [0.29, 0.717) is 23.9 Å². The van der Waals surface area contributed by atoms with Gasteiger partial charge in [-0.25, -0.2) is 4.79 Å². The third-order valence-corrected chi connectivity index (χ3v) is 12.0. The molecule has 460 valence electrons. The highest BCUT2D eigenvalue weighted by molar-refractivity contribution is 5.71. The molecule has 0 heterocycles. The van der Waals surface area contributed by atoms with E-state index >= 15 is 0 Å². The van der Waals surface area contributed by atoms with Crippen molar-refractivity contribution in [3.63, 3.8) is 0 Å².